The summed E-state index contributed by atoms with van der Waals surface area (Å²) in [5, 5.41) is 0. The molecule has 1 aromatic rings. The molecule has 0 saturated carbocycles. The van der Waals surface area contributed by atoms with Gasteiger partial charge in [-0.15, -0.1) is 0 Å². The summed E-state index contributed by atoms with van der Waals surface area (Å²) in [4.78, 5) is 2.09. The molecule has 94 valence electrons. The highest BCUT2D eigenvalue weighted by atomic mass is 19.1. The molecule has 1 unspecified atom stereocenters. The Morgan fingerprint density at radius 3 is 2.76 bits per heavy atom. The van der Waals surface area contributed by atoms with E-state index in [9.17, 15) is 4.39 Å². The number of ether oxygens (including phenoxy) is 2. The van der Waals surface area contributed by atoms with E-state index in [0.717, 1.165) is 25.2 Å². The summed E-state index contributed by atoms with van der Waals surface area (Å²) in [6.45, 7) is 1.63. The first kappa shape index (κ1) is 12.0. The van der Waals surface area contributed by atoms with Gasteiger partial charge in [-0.2, -0.15) is 0 Å². The Hall–Kier alpha value is -1.49. The number of nitrogens with two attached hydrogens (primary N) is 1. The first-order valence-corrected chi connectivity index (χ1v) is 5.56. The van der Waals surface area contributed by atoms with Crippen molar-refractivity contribution in [3.63, 3.8) is 0 Å². The van der Waals surface area contributed by atoms with Crippen LogP contribution in [0.4, 0.5) is 15.8 Å². The first-order chi connectivity index (χ1) is 8.15. The van der Waals surface area contributed by atoms with Gasteiger partial charge in [-0.1, -0.05) is 0 Å². The van der Waals surface area contributed by atoms with Crippen molar-refractivity contribution in [3.8, 4) is 5.75 Å². The molecule has 0 aliphatic carbocycles. The van der Waals surface area contributed by atoms with Gasteiger partial charge in [-0.25, -0.2) is 4.39 Å². The molecule has 0 amide bonds. The lowest BCUT2D eigenvalue weighted by molar-refractivity contribution is 0.121. The molecule has 2 rings (SSSR count). The van der Waals surface area contributed by atoms with Crippen LogP contribution in [-0.2, 0) is 4.74 Å². The predicted octanol–water partition coefficient (Wildman–Crippen LogP) is 1.64. The maximum atomic E-state index is 13.4. The normalized spacial score (nSPS) is 19.7. The zero-order valence-corrected chi connectivity index (χ0v) is 10.1. The van der Waals surface area contributed by atoms with Crippen LogP contribution in [0.15, 0.2) is 12.1 Å². The fraction of sp³-hybridized carbons (Fsp3) is 0.500. The Morgan fingerprint density at radius 1 is 1.41 bits per heavy atom. The summed E-state index contributed by atoms with van der Waals surface area (Å²) in [6.07, 6.45) is 1.17. The summed E-state index contributed by atoms with van der Waals surface area (Å²) in [6, 6.07) is 2.94. The predicted molar refractivity (Wildman–Crippen MR) is 65.0 cm³/mol. The maximum absolute atomic E-state index is 13.4. The Morgan fingerprint density at radius 2 is 2.18 bits per heavy atom. The third-order valence-electron chi connectivity index (χ3n) is 3.12. The molecule has 0 aromatic heterocycles. The quantitative estimate of drug-likeness (QED) is 0.816. The van der Waals surface area contributed by atoms with Crippen molar-refractivity contribution in [2.24, 2.45) is 0 Å². The number of nitrogen functional groups attached to an aromatic ring is 1. The van der Waals surface area contributed by atoms with Crippen molar-refractivity contribution < 1.29 is 13.9 Å². The molecule has 1 aliphatic rings. The smallest absolute Gasteiger partial charge is 0.167 e. The van der Waals surface area contributed by atoms with Gasteiger partial charge in [-0.3, -0.25) is 0 Å². The van der Waals surface area contributed by atoms with E-state index in [1.807, 2.05) is 0 Å². The second-order valence-corrected chi connectivity index (χ2v) is 4.14. The second-order valence-electron chi connectivity index (χ2n) is 4.14. The largest absolute Gasteiger partial charge is 0.494 e. The van der Waals surface area contributed by atoms with Gasteiger partial charge in [0.15, 0.2) is 11.6 Å². The standard InChI is InChI=1S/C12H17FN2O2/c1-16-8-3-4-15(7-8)11-6-12(17-2)9(13)5-10(11)14/h5-6,8H,3-4,7,14H2,1-2H3. The zero-order chi connectivity index (χ0) is 12.4. The van der Waals surface area contributed by atoms with E-state index in [-0.39, 0.29) is 11.9 Å². The summed E-state index contributed by atoms with van der Waals surface area (Å²) in [7, 11) is 3.14. The van der Waals surface area contributed by atoms with Gasteiger partial charge in [-0.05, 0) is 6.42 Å². The van der Waals surface area contributed by atoms with E-state index >= 15 is 0 Å². The molecular weight excluding hydrogens is 223 g/mol. The molecule has 1 saturated heterocycles. The molecule has 17 heavy (non-hydrogen) atoms. The number of hydrogen-bond donors (Lipinski definition) is 1. The van der Waals surface area contributed by atoms with E-state index < -0.39 is 5.82 Å². The minimum atomic E-state index is -0.434. The van der Waals surface area contributed by atoms with E-state index in [2.05, 4.69) is 4.90 Å². The molecule has 2 N–H and O–H groups in total. The fourth-order valence-electron chi connectivity index (χ4n) is 2.13. The number of benzene rings is 1. The van der Waals surface area contributed by atoms with Crippen LogP contribution in [0.5, 0.6) is 5.75 Å². The molecule has 0 spiro atoms. The van der Waals surface area contributed by atoms with Gasteiger partial charge < -0.3 is 20.1 Å². The fourth-order valence-corrected chi connectivity index (χ4v) is 2.13. The first-order valence-electron chi connectivity index (χ1n) is 5.56. The molecule has 5 heteroatoms. The van der Waals surface area contributed by atoms with Crippen molar-refractivity contribution in [2.75, 3.05) is 37.9 Å². The van der Waals surface area contributed by atoms with E-state index in [1.165, 1.54) is 13.2 Å². The number of methoxy groups -OCH3 is 2. The lowest BCUT2D eigenvalue weighted by Crippen LogP contribution is -2.23. The molecule has 0 bridgehead atoms. The summed E-state index contributed by atoms with van der Waals surface area (Å²) in [5.74, 6) is -0.216. The van der Waals surface area contributed by atoms with Crippen LogP contribution in [0, 0.1) is 5.82 Å². The Bertz CT molecular complexity index is 412. The Kier molecular flexibility index (Phi) is 3.38. The van der Waals surface area contributed by atoms with Crippen LogP contribution in [0.1, 0.15) is 6.42 Å². The van der Waals surface area contributed by atoms with Crippen LogP contribution in [0.2, 0.25) is 0 Å². The molecule has 1 aromatic carbocycles. The van der Waals surface area contributed by atoms with Crippen molar-refractivity contribution in [1.29, 1.82) is 0 Å². The highest BCUT2D eigenvalue weighted by Gasteiger charge is 2.24. The van der Waals surface area contributed by atoms with Crippen LogP contribution in [-0.4, -0.2) is 33.4 Å². The van der Waals surface area contributed by atoms with Crippen molar-refractivity contribution in [2.45, 2.75) is 12.5 Å². The van der Waals surface area contributed by atoms with Crippen molar-refractivity contribution in [3.05, 3.63) is 17.9 Å². The maximum Gasteiger partial charge on any atom is 0.167 e. The average molecular weight is 240 g/mol. The zero-order valence-electron chi connectivity index (χ0n) is 10.1. The molecule has 1 atom stereocenters. The minimum Gasteiger partial charge on any atom is -0.494 e. The lowest BCUT2D eigenvalue weighted by Gasteiger charge is -2.21. The molecule has 0 radical (unpaired) electrons. The molecule has 1 aliphatic heterocycles. The number of rotatable bonds is 3. The van der Waals surface area contributed by atoms with Crippen LogP contribution >= 0.6 is 0 Å². The molecular formula is C12H17FN2O2. The van der Waals surface area contributed by atoms with Gasteiger partial charge in [0.1, 0.15) is 0 Å². The topological polar surface area (TPSA) is 47.7 Å². The average Bonchev–Trinajstić information content (AvgIpc) is 2.78. The highest BCUT2D eigenvalue weighted by Crippen LogP contribution is 2.33. The molecule has 4 nitrogen and oxygen atoms in total. The van der Waals surface area contributed by atoms with Gasteiger partial charge in [0.2, 0.25) is 0 Å². The lowest BCUT2D eigenvalue weighted by atomic mass is 10.2. The summed E-state index contributed by atoms with van der Waals surface area (Å²) < 4.78 is 23.7. The number of nitrogens with zero attached hydrogens (tertiary/aromatic N) is 1. The van der Waals surface area contributed by atoms with E-state index in [0.29, 0.717) is 5.69 Å². The molecule has 1 heterocycles. The van der Waals surface area contributed by atoms with Gasteiger partial charge >= 0.3 is 0 Å². The van der Waals surface area contributed by atoms with Crippen LogP contribution in [0.3, 0.4) is 0 Å². The number of halogens is 1. The summed E-state index contributed by atoms with van der Waals surface area (Å²) in [5.41, 5.74) is 7.07. The third-order valence-corrected chi connectivity index (χ3v) is 3.12. The van der Waals surface area contributed by atoms with E-state index in [4.69, 9.17) is 15.2 Å². The highest BCUT2D eigenvalue weighted by molar-refractivity contribution is 5.70. The van der Waals surface area contributed by atoms with Gasteiger partial charge in [0.05, 0.1) is 24.6 Å². The van der Waals surface area contributed by atoms with Crippen molar-refractivity contribution >= 4 is 11.4 Å². The SMILES string of the molecule is COc1cc(N2CCC(OC)C2)c(N)cc1F. The number of anilines is 2. The van der Waals surface area contributed by atoms with E-state index in [1.54, 1.807) is 13.2 Å². The molecule has 1 fully saturated rings. The van der Waals surface area contributed by atoms with Crippen LogP contribution < -0.4 is 15.4 Å². The Labute approximate surface area is 100 Å². The van der Waals surface area contributed by atoms with Crippen molar-refractivity contribution in [1.82, 2.24) is 0 Å². The van der Waals surface area contributed by atoms with Gasteiger partial charge in [0.25, 0.3) is 0 Å². The number of hydrogen-bond acceptors (Lipinski definition) is 4. The minimum absolute atomic E-state index is 0.213. The van der Waals surface area contributed by atoms with Crippen LogP contribution in [0.25, 0.3) is 0 Å². The Balaban J connectivity index is 2.26. The van der Waals surface area contributed by atoms with Gasteiger partial charge in [0, 0.05) is 32.3 Å². The second kappa shape index (κ2) is 4.79. The monoisotopic (exact) mass is 240 g/mol. The third kappa shape index (κ3) is 2.29. The summed E-state index contributed by atoms with van der Waals surface area (Å²) >= 11 is 0.